The van der Waals surface area contributed by atoms with Gasteiger partial charge in [-0.3, -0.25) is 4.90 Å². The van der Waals surface area contributed by atoms with Crippen LogP contribution in [0.2, 0.25) is 0 Å². The minimum atomic E-state index is 0.250. The van der Waals surface area contributed by atoms with Gasteiger partial charge in [-0.25, -0.2) is 0 Å². The number of hydrogen-bond donors (Lipinski definition) is 1. The van der Waals surface area contributed by atoms with Crippen LogP contribution in [-0.4, -0.2) is 30.8 Å². The average molecular weight is 290 g/mol. The summed E-state index contributed by atoms with van der Waals surface area (Å²) in [6.45, 7) is 9.07. The molecule has 2 aliphatic rings. The van der Waals surface area contributed by atoms with E-state index in [1.165, 1.54) is 12.0 Å². The minimum Gasteiger partial charge on any atom is -0.454 e. The standard InChI is InChI=1S/C17H26N2O2/c1-11-6-12(2)13(3)19(9-11)15(8-18)14-4-5-16-17(7-14)21-10-20-16/h4-5,7,11-13,15H,6,8-10,18H2,1-3H3. The highest BCUT2D eigenvalue weighted by Crippen LogP contribution is 2.38. The van der Waals surface area contributed by atoms with E-state index in [-0.39, 0.29) is 6.04 Å². The van der Waals surface area contributed by atoms with Gasteiger partial charge in [0.15, 0.2) is 11.5 Å². The van der Waals surface area contributed by atoms with Gasteiger partial charge < -0.3 is 15.2 Å². The summed E-state index contributed by atoms with van der Waals surface area (Å²) in [6.07, 6.45) is 1.30. The molecular weight excluding hydrogens is 264 g/mol. The van der Waals surface area contributed by atoms with E-state index in [0.29, 0.717) is 25.3 Å². The first-order valence-electron chi connectivity index (χ1n) is 7.95. The number of rotatable bonds is 3. The highest BCUT2D eigenvalue weighted by Gasteiger charge is 2.33. The third kappa shape index (κ3) is 2.74. The van der Waals surface area contributed by atoms with Gasteiger partial charge in [-0.2, -0.15) is 0 Å². The quantitative estimate of drug-likeness (QED) is 0.930. The maximum absolute atomic E-state index is 6.12. The van der Waals surface area contributed by atoms with Crippen LogP contribution < -0.4 is 15.2 Å². The van der Waals surface area contributed by atoms with E-state index in [1.807, 2.05) is 6.07 Å². The largest absolute Gasteiger partial charge is 0.454 e. The number of likely N-dealkylation sites (tertiary alicyclic amines) is 1. The summed E-state index contributed by atoms with van der Waals surface area (Å²) in [5, 5.41) is 0. The van der Waals surface area contributed by atoms with Crippen molar-refractivity contribution in [3.8, 4) is 11.5 Å². The molecule has 4 atom stereocenters. The predicted octanol–water partition coefficient (Wildman–Crippen LogP) is 2.78. The Morgan fingerprint density at radius 2 is 2.00 bits per heavy atom. The molecule has 4 heteroatoms. The predicted molar refractivity (Wildman–Crippen MR) is 83.5 cm³/mol. The Morgan fingerprint density at radius 3 is 2.76 bits per heavy atom. The highest BCUT2D eigenvalue weighted by molar-refractivity contribution is 5.45. The van der Waals surface area contributed by atoms with Gasteiger partial charge in [0.1, 0.15) is 0 Å². The van der Waals surface area contributed by atoms with E-state index < -0.39 is 0 Å². The van der Waals surface area contributed by atoms with E-state index in [2.05, 4.69) is 37.8 Å². The molecule has 3 rings (SSSR count). The summed E-state index contributed by atoms with van der Waals surface area (Å²) in [7, 11) is 0. The molecule has 1 saturated heterocycles. The first-order valence-corrected chi connectivity index (χ1v) is 7.95. The second-order valence-electron chi connectivity index (χ2n) is 6.62. The Morgan fingerprint density at radius 1 is 1.24 bits per heavy atom. The monoisotopic (exact) mass is 290 g/mol. The first kappa shape index (κ1) is 14.7. The number of hydrogen-bond acceptors (Lipinski definition) is 4. The molecule has 0 aromatic heterocycles. The molecule has 1 fully saturated rings. The van der Waals surface area contributed by atoms with Crippen LogP contribution in [0.5, 0.6) is 11.5 Å². The zero-order chi connectivity index (χ0) is 15.0. The molecule has 2 heterocycles. The number of ether oxygens (including phenoxy) is 2. The summed E-state index contributed by atoms with van der Waals surface area (Å²) in [5.41, 5.74) is 7.35. The van der Waals surface area contributed by atoms with Gasteiger partial charge in [-0.05, 0) is 42.9 Å². The zero-order valence-corrected chi connectivity index (χ0v) is 13.2. The average Bonchev–Trinajstić information content (AvgIpc) is 2.92. The fourth-order valence-electron chi connectivity index (χ4n) is 3.75. The van der Waals surface area contributed by atoms with Crippen LogP contribution in [0.25, 0.3) is 0 Å². The van der Waals surface area contributed by atoms with Crippen molar-refractivity contribution in [2.45, 2.75) is 39.3 Å². The molecule has 2 aliphatic heterocycles. The SMILES string of the molecule is CC1CC(C)C(C)N(C(CN)c2ccc3c(c2)OCO3)C1. The molecule has 0 aliphatic carbocycles. The van der Waals surface area contributed by atoms with Crippen LogP contribution in [0.3, 0.4) is 0 Å². The van der Waals surface area contributed by atoms with E-state index in [4.69, 9.17) is 15.2 Å². The maximum Gasteiger partial charge on any atom is 0.231 e. The third-order valence-corrected chi connectivity index (χ3v) is 5.05. The van der Waals surface area contributed by atoms with Gasteiger partial charge in [0.2, 0.25) is 6.79 Å². The normalized spacial score (nSPS) is 30.4. The Labute approximate surface area is 127 Å². The fraction of sp³-hybridized carbons (Fsp3) is 0.647. The van der Waals surface area contributed by atoms with Crippen LogP contribution in [0.1, 0.15) is 38.8 Å². The lowest BCUT2D eigenvalue weighted by Gasteiger charge is -2.45. The lowest BCUT2D eigenvalue weighted by Crippen LogP contribution is -2.49. The van der Waals surface area contributed by atoms with Crippen molar-refractivity contribution < 1.29 is 9.47 Å². The smallest absolute Gasteiger partial charge is 0.231 e. The summed E-state index contributed by atoms with van der Waals surface area (Å²) in [4.78, 5) is 2.57. The lowest BCUT2D eigenvalue weighted by molar-refractivity contribution is 0.0424. The maximum atomic E-state index is 6.12. The summed E-state index contributed by atoms with van der Waals surface area (Å²) in [5.74, 6) is 3.11. The van der Waals surface area contributed by atoms with Gasteiger partial charge in [-0.15, -0.1) is 0 Å². The lowest BCUT2D eigenvalue weighted by atomic mass is 9.84. The molecule has 0 amide bonds. The van der Waals surface area contributed by atoms with Crippen molar-refractivity contribution in [3.05, 3.63) is 23.8 Å². The Kier molecular flexibility index (Phi) is 4.09. The van der Waals surface area contributed by atoms with E-state index >= 15 is 0 Å². The molecule has 4 unspecified atom stereocenters. The second-order valence-corrected chi connectivity index (χ2v) is 6.62. The van der Waals surface area contributed by atoms with Crippen molar-refractivity contribution in [1.29, 1.82) is 0 Å². The van der Waals surface area contributed by atoms with Crippen LogP contribution in [-0.2, 0) is 0 Å². The van der Waals surface area contributed by atoms with Gasteiger partial charge in [0.05, 0.1) is 0 Å². The fourth-order valence-corrected chi connectivity index (χ4v) is 3.75. The molecule has 21 heavy (non-hydrogen) atoms. The molecule has 0 saturated carbocycles. The summed E-state index contributed by atoms with van der Waals surface area (Å²) < 4.78 is 10.9. The van der Waals surface area contributed by atoms with Gasteiger partial charge in [0.25, 0.3) is 0 Å². The van der Waals surface area contributed by atoms with Crippen molar-refractivity contribution >= 4 is 0 Å². The third-order valence-electron chi connectivity index (χ3n) is 5.05. The number of nitrogens with two attached hydrogens (primary N) is 1. The molecule has 0 bridgehead atoms. The first-order chi connectivity index (χ1) is 10.1. The molecule has 116 valence electrons. The number of benzene rings is 1. The Hall–Kier alpha value is -1.26. The summed E-state index contributed by atoms with van der Waals surface area (Å²) in [6, 6.07) is 7.03. The molecule has 0 spiro atoms. The minimum absolute atomic E-state index is 0.250. The van der Waals surface area contributed by atoms with Gasteiger partial charge >= 0.3 is 0 Å². The zero-order valence-electron chi connectivity index (χ0n) is 13.2. The van der Waals surface area contributed by atoms with E-state index in [0.717, 1.165) is 24.0 Å². The topological polar surface area (TPSA) is 47.7 Å². The van der Waals surface area contributed by atoms with Crippen molar-refractivity contribution in [2.24, 2.45) is 17.6 Å². The van der Waals surface area contributed by atoms with Crippen molar-refractivity contribution in [1.82, 2.24) is 4.90 Å². The number of piperidine rings is 1. The van der Waals surface area contributed by atoms with Crippen LogP contribution in [0.4, 0.5) is 0 Å². The molecule has 1 aromatic rings. The van der Waals surface area contributed by atoms with Crippen molar-refractivity contribution in [2.75, 3.05) is 19.9 Å². The molecule has 0 radical (unpaired) electrons. The van der Waals surface area contributed by atoms with E-state index in [1.54, 1.807) is 0 Å². The molecular formula is C17H26N2O2. The van der Waals surface area contributed by atoms with Crippen molar-refractivity contribution in [3.63, 3.8) is 0 Å². The van der Waals surface area contributed by atoms with Crippen LogP contribution in [0, 0.1) is 11.8 Å². The Balaban J connectivity index is 1.87. The van der Waals surface area contributed by atoms with Crippen LogP contribution >= 0.6 is 0 Å². The Bertz CT molecular complexity index is 506. The molecule has 2 N–H and O–H groups in total. The second kappa shape index (κ2) is 5.85. The number of fused-ring (bicyclic) bond motifs is 1. The van der Waals surface area contributed by atoms with E-state index in [9.17, 15) is 0 Å². The van der Waals surface area contributed by atoms with Gasteiger partial charge in [0, 0.05) is 25.2 Å². The van der Waals surface area contributed by atoms with Crippen LogP contribution in [0.15, 0.2) is 18.2 Å². The van der Waals surface area contributed by atoms with Gasteiger partial charge in [-0.1, -0.05) is 19.9 Å². The molecule has 4 nitrogen and oxygen atoms in total. The summed E-state index contributed by atoms with van der Waals surface area (Å²) >= 11 is 0. The number of nitrogens with zero attached hydrogens (tertiary/aromatic N) is 1. The molecule has 1 aromatic carbocycles. The highest BCUT2D eigenvalue weighted by atomic mass is 16.7.